The van der Waals surface area contributed by atoms with Crippen molar-refractivity contribution in [1.29, 1.82) is 0 Å². The lowest BCUT2D eigenvalue weighted by Crippen LogP contribution is -2.48. The lowest BCUT2D eigenvalue weighted by Gasteiger charge is -2.33. The molecule has 1 fully saturated rings. The maximum absolute atomic E-state index is 12.3. The highest BCUT2D eigenvalue weighted by atomic mass is 32.2. The third kappa shape index (κ3) is 4.96. The molecule has 1 N–H and O–H groups in total. The molecule has 3 heterocycles. The zero-order valence-electron chi connectivity index (χ0n) is 15.5. The van der Waals surface area contributed by atoms with Crippen LogP contribution in [0.3, 0.4) is 0 Å². The van der Waals surface area contributed by atoms with Gasteiger partial charge in [0.15, 0.2) is 10.1 Å². The van der Waals surface area contributed by atoms with Crippen LogP contribution in [0.25, 0.3) is 0 Å². The van der Waals surface area contributed by atoms with E-state index in [-0.39, 0.29) is 17.6 Å². The summed E-state index contributed by atoms with van der Waals surface area (Å²) in [7, 11) is 0. The number of rotatable bonds is 6. The number of amides is 2. The summed E-state index contributed by atoms with van der Waals surface area (Å²) < 4.78 is 5.93. The first-order chi connectivity index (χ1) is 14.2. The average Bonchev–Trinajstić information content (AvgIpc) is 3.45. The largest absolute Gasteiger partial charge is 0.459 e. The first-order valence-corrected chi connectivity index (χ1v) is 10.9. The molecule has 0 aliphatic carbocycles. The molecule has 3 aromatic rings. The van der Waals surface area contributed by atoms with Crippen molar-refractivity contribution in [3.8, 4) is 0 Å². The number of piperazine rings is 1. The molecule has 0 bridgehead atoms. The fourth-order valence-electron chi connectivity index (χ4n) is 2.89. The number of anilines is 2. The van der Waals surface area contributed by atoms with Gasteiger partial charge in [0.2, 0.25) is 11.0 Å². The first kappa shape index (κ1) is 19.5. The first-order valence-electron chi connectivity index (χ1n) is 9.08. The van der Waals surface area contributed by atoms with Gasteiger partial charge in [-0.1, -0.05) is 41.3 Å². The smallest absolute Gasteiger partial charge is 0.289 e. The lowest BCUT2D eigenvalue weighted by molar-refractivity contribution is -0.113. The summed E-state index contributed by atoms with van der Waals surface area (Å²) in [6.07, 6.45) is 1.50. The summed E-state index contributed by atoms with van der Waals surface area (Å²) >= 11 is 2.83. The van der Waals surface area contributed by atoms with Crippen LogP contribution in [0, 0.1) is 0 Å². The molecule has 4 rings (SSSR count). The second-order valence-corrected chi connectivity index (χ2v) is 8.49. The number of hydrogen-bond donors (Lipinski definition) is 1. The number of nitrogens with one attached hydrogen (secondary N) is 1. The van der Waals surface area contributed by atoms with E-state index in [0.29, 0.717) is 31.9 Å². The molecule has 0 radical (unpaired) electrons. The third-order valence-corrected chi connectivity index (χ3v) is 6.47. The molecular formula is C19H19N5O3S2. The minimum Gasteiger partial charge on any atom is -0.459 e. The second-order valence-electron chi connectivity index (χ2n) is 6.31. The highest BCUT2D eigenvalue weighted by molar-refractivity contribution is 8.01. The van der Waals surface area contributed by atoms with Crippen LogP contribution in [0.1, 0.15) is 10.6 Å². The lowest BCUT2D eigenvalue weighted by atomic mass is 10.3. The Bertz CT molecular complexity index is 953. The van der Waals surface area contributed by atoms with E-state index in [1.807, 2.05) is 30.3 Å². The Labute approximate surface area is 175 Å². The van der Waals surface area contributed by atoms with Gasteiger partial charge in [-0.15, -0.1) is 10.2 Å². The van der Waals surface area contributed by atoms with Crippen molar-refractivity contribution in [1.82, 2.24) is 15.1 Å². The molecule has 2 aromatic heterocycles. The molecule has 0 unspecified atom stereocenters. The van der Waals surface area contributed by atoms with Crippen molar-refractivity contribution in [3.05, 3.63) is 54.5 Å². The van der Waals surface area contributed by atoms with E-state index in [4.69, 9.17) is 4.42 Å². The molecule has 8 nitrogen and oxygen atoms in total. The molecule has 10 heteroatoms. The number of benzene rings is 1. The van der Waals surface area contributed by atoms with Gasteiger partial charge in [-0.2, -0.15) is 0 Å². The number of para-hydroxylation sites is 1. The normalized spacial score (nSPS) is 14.1. The molecule has 0 spiro atoms. The van der Waals surface area contributed by atoms with E-state index < -0.39 is 0 Å². The summed E-state index contributed by atoms with van der Waals surface area (Å²) in [6, 6.07) is 12.7. The summed E-state index contributed by atoms with van der Waals surface area (Å²) in [5.74, 6) is 0.465. The standard InChI is InChI=1S/C19H19N5O3S2/c25-16(20-14-5-2-1-3-6-14)13-28-19-22-21-18(29-19)24-10-8-23(9-11-24)17(26)15-7-4-12-27-15/h1-7,12H,8-11,13H2,(H,20,25). The maximum Gasteiger partial charge on any atom is 0.289 e. The van der Waals surface area contributed by atoms with Crippen LogP contribution >= 0.6 is 23.1 Å². The summed E-state index contributed by atoms with van der Waals surface area (Å²) in [6.45, 7) is 2.56. The van der Waals surface area contributed by atoms with Gasteiger partial charge >= 0.3 is 0 Å². The van der Waals surface area contributed by atoms with Crippen LogP contribution in [-0.4, -0.2) is 58.8 Å². The van der Waals surface area contributed by atoms with Gasteiger partial charge in [0.25, 0.3) is 5.91 Å². The summed E-state index contributed by atoms with van der Waals surface area (Å²) in [5, 5.41) is 12.1. The van der Waals surface area contributed by atoms with Crippen molar-refractivity contribution < 1.29 is 14.0 Å². The number of carbonyl (C=O) groups is 2. The zero-order chi connectivity index (χ0) is 20.1. The van der Waals surface area contributed by atoms with Gasteiger partial charge in [-0.05, 0) is 24.3 Å². The molecule has 1 aromatic carbocycles. The zero-order valence-corrected chi connectivity index (χ0v) is 17.1. The van der Waals surface area contributed by atoms with Gasteiger partial charge in [-0.3, -0.25) is 9.59 Å². The van der Waals surface area contributed by atoms with Crippen LogP contribution in [0.5, 0.6) is 0 Å². The van der Waals surface area contributed by atoms with E-state index in [2.05, 4.69) is 20.4 Å². The highest BCUT2D eigenvalue weighted by Gasteiger charge is 2.25. The third-order valence-electron chi connectivity index (χ3n) is 4.35. The van der Waals surface area contributed by atoms with Crippen LogP contribution in [0.15, 0.2) is 57.5 Å². The van der Waals surface area contributed by atoms with Crippen LogP contribution in [0.2, 0.25) is 0 Å². The Morgan fingerprint density at radius 3 is 2.59 bits per heavy atom. The van der Waals surface area contributed by atoms with E-state index in [0.717, 1.165) is 15.2 Å². The molecule has 150 valence electrons. The molecule has 1 aliphatic heterocycles. The Morgan fingerprint density at radius 2 is 1.86 bits per heavy atom. The number of aromatic nitrogens is 2. The second kappa shape index (κ2) is 9.10. The molecule has 0 atom stereocenters. The maximum atomic E-state index is 12.3. The Balaban J connectivity index is 1.25. The van der Waals surface area contributed by atoms with Crippen molar-refractivity contribution in [2.45, 2.75) is 4.34 Å². The molecule has 29 heavy (non-hydrogen) atoms. The topological polar surface area (TPSA) is 91.6 Å². The minimum absolute atomic E-state index is 0.0806. The SMILES string of the molecule is O=C(CSc1nnc(N2CCN(C(=O)c3ccco3)CC2)s1)Nc1ccccc1. The fraction of sp³-hybridized carbons (Fsp3) is 0.263. The van der Waals surface area contributed by atoms with Crippen LogP contribution < -0.4 is 10.2 Å². The van der Waals surface area contributed by atoms with E-state index in [1.54, 1.807) is 17.0 Å². The summed E-state index contributed by atoms with van der Waals surface area (Å²) in [5.41, 5.74) is 0.776. The molecule has 1 saturated heterocycles. The van der Waals surface area contributed by atoms with Crippen LogP contribution in [-0.2, 0) is 4.79 Å². The predicted octanol–water partition coefficient (Wildman–Crippen LogP) is 2.82. The number of furan rings is 1. The fourth-order valence-corrected chi connectivity index (χ4v) is 4.58. The van der Waals surface area contributed by atoms with E-state index in [1.165, 1.54) is 29.4 Å². The number of carbonyl (C=O) groups excluding carboxylic acids is 2. The monoisotopic (exact) mass is 429 g/mol. The average molecular weight is 430 g/mol. The van der Waals surface area contributed by atoms with Crippen molar-refractivity contribution in [2.24, 2.45) is 0 Å². The predicted molar refractivity (Wildman–Crippen MR) is 113 cm³/mol. The molecule has 2 amide bonds. The number of thioether (sulfide) groups is 1. The van der Waals surface area contributed by atoms with E-state index in [9.17, 15) is 9.59 Å². The molecule has 0 saturated carbocycles. The Kier molecular flexibility index (Phi) is 6.11. The van der Waals surface area contributed by atoms with Crippen molar-refractivity contribution >= 4 is 45.7 Å². The van der Waals surface area contributed by atoms with Gasteiger partial charge < -0.3 is 19.5 Å². The van der Waals surface area contributed by atoms with Gasteiger partial charge in [0.1, 0.15) is 0 Å². The molecular weight excluding hydrogens is 410 g/mol. The van der Waals surface area contributed by atoms with E-state index >= 15 is 0 Å². The van der Waals surface area contributed by atoms with Gasteiger partial charge in [0.05, 0.1) is 12.0 Å². The molecule has 1 aliphatic rings. The van der Waals surface area contributed by atoms with Crippen molar-refractivity contribution in [3.63, 3.8) is 0 Å². The highest BCUT2D eigenvalue weighted by Crippen LogP contribution is 2.28. The minimum atomic E-state index is -0.0902. The number of nitrogens with zero attached hydrogens (tertiary/aromatic N) is 4. The Hall–Kier alpha value is -2.85. The quantitative estimate of drug-likeness (QED) is 0.603. The van der Waals surface area contributed by atoms with Gasteiger partial charge in [-0.25, -0.2) is 0 Å². The summed E-state index contributed by atoms with van der Waals surface area (Å²) in [4.78, 5) is 28.3. The van der Waals surface area contributed by atoms with Crippen molar-refractivity contribution in [2.75, 3.05) is 42.1 Å². The number of hydrogen-bond acceptors (Lipinski definition) is 8. The van der Waals surface area contributed by atoms with Crippen LogP contribution in [0.4, 0.5) is 10.8 Å². The Morgan fingerprint density at radius 1 is 1.07 bits per heavy atom. The van der Waals surface area contributed by atoms with Gasteiger partial charge in [0, 0.05) is 31.9 Å².